The van der Waals surface area contributed by atoms with E-state index in [1.807, 2.05) is 20.8 Å². The van der Waals surface area contributed by atoms with E-state index in [1.54, 1.807) is 18.2 Å². The van der Waals surface area contributed by atoms with Crippen molar-refractivity contribution in [1.29, 1.82) is 0 Å². The molecule has 0 aromatic heterocycles. The number of sulfonamides is 1. The number of hydrogen-bond acceptors (Lipinski definition) is 5. The van der Waals surface area contributed by atoms with E-state index < -0.39 is 10.0 Å². The molecule has 2 unspecified atom stereocenters. The second-order valence-corrected chi connectivity index (χ2v) is 9.11. The second-order valence-electron chi connectivity index (χ2n) is 7.18. The zero-order valence-electron chi connectivity index (χ0n) is 16.3. The van der Waals surface area contributed by atoms with Crippen LogP contribution in [0.2, 0.25) is 0 Å². The summed E-state index contributed by atoms with van der Waals surface area (Å²) in [5.74, 6) is 0.374. The van der Waals surface area contributed by atoms with Gasteiger partial charge in [-0.3, -0.25) is 4.79 Å². The molecular formula is C19H29N3O4S. The summed E-state index contributed by atoms with van der Waals surface area (Å²) in [7, 11) is -3.58. The molecule has 2 aliphatic rings. The number of rotatable bonds is 7. The van der Waals surface area contributed by atoms with Crippen molar-refractivity contribution >= 4 is 27.3 Å². The highest BCUT2D eigenvalue weighted by Gasteiger charge is 2.39. The Morgan fingerprint density at radius 1 is 1.26 bits per heavy atom. The van der Waals surface area contributed by atoms with Crippen molar-refractivity contribution in [2.24, 2.45) is 11.8 Å². The average molecular weight is 396 g/mol. The van der Waals surface area contributed by atoms with Crippen LogP contribution in [-0.2, 0) is 19.6 Å². The number of amides is 1. The highest BCUT2D eigenvalue weighted by molar-refractivity contribution is 7.89. The van der Waals surface area contributed by atoms with Crippen LogP contribution in [0.25, 0.3) is 0 Å². The summed E-state index contributed by atoms with van der Waals surface area (Å²) >= 11 is 0. The molecule has 1 aromatic carbocycles. The first-order valence-corrected chi connectivity index (χ1v) is 11.1. The standard InChI is InChI=1S/C19H29N3O4S/c1-4-22(5-2)27(24,25)15-6-7-18(21-8-10-26-11-9-21)17(13-15)20-19(23)16-12-14(16)3/h6-7,13-14,16H,4-5,8-12H2,1-3H3,(H,20,23). The maximum absolute atomic E-state index is 12.9. The molecule has 1 aliphatic carbocycles. The molecule has 2 atom stereocenters. The Hall–Kier alpha value is -1.64. The average Bonchev–Trinajstić information content (AvgIpc) is 3.40. The van der Waals surface area contributed by atoms with Crippen molar-refractivity contribution < 1.29 is 17.9 Å². The second kappa shape index (κ2) is 8.16. The van der Waals surface area contributed by atoms with Gasteiger partial charge in [0.25, 0.3) is 0 Å². The highest BCUT2D eigenvalue weighted by atomic mass is 32.2. The highest BCUT2D eigenvalue weighted by Crippen LogP contribution is 2.39. The molecule has 0 bridgehead atoms. The summed E-state index contributed by atoms with van der Waals surface area (Å²) in [6.45, 7) is 9.17. The van der Waals surface area contributed by atoms with Crippen LogP contribution in [0.15, 0.2) is 23.1 Å². The van der Waals surface area contributed by atoms with Gasteiger partial charge < -0.3 is 15.0 Å². The Morgan fingerprint density at radius 2 is 1.89 bits per heavy atom. The van der Waals surface area contributed by atoms with Crippen molar-refractivity contribution in [3.63, 3.8) is 0 Å². The minimum atomic E-state index is -3.58. The van der Waals surface area contributed by atoms with Gasteiger partial charge in [0.1, 0.15) is 0 Å². The van der Waals surface area contributed by atoms with Crippen molar-refractivity contribution in [3.8, 4) is 0 Å². The predicted molar refractivity (Wildman–Crippen MR) is 105 cm³/mol. The molecule has 1 aromatic rings. The van der Waals surface area contributed by atoms with Gasteiger partial charge in [0.05, 0.1) is 29.5 Å². The van der Waals surface area contributed by atoms with Gasteiger partial charge in [-0.05, 0) is 30.5 Å². The van der Waals surface area contributed by atoms with Crippen LogP contribution in [0.1, 0.15) is 27.2 Å². The molecular weight excluding hydrogens is 366 g/mol. The van der Waals surface area contributed by atoms with Gasteiger partial charge in [-0.2, -0.15) is 4.31 Å². The Bertz CT molecular complexity index is 786. The van der Waals surface area contributed by atoms with Gasteiger partial charge in [0, 0.05) is 32.1 Å². The topological polar surface area (TPSA) is 79.0 Å². The SMILES string of the molecule is CCN(CC)S(=O)(=O)c1ccc(N2CCOCC2)c(NC(=O)C2CC2C)c1. The third-order valence-electron chi connectivity index (χ3n) is 5.37. The lowest BCUT2D eigenvalue weighted by Gasteiger charge is -2.31. The molecule has 1 saturated carbocycles. The zero-order valence-corrected chi connectivity index (χ0v) is 17.1. The Labute approximate surface area is 161 Å². The lowest BCUT2D eigenvalue weighted by Crippen LogP contribution is -2.37. The van der Waals surface area contributed by atoms with Gasteiger partial charge in [0.15, 0.2) is 0 Å². The van der Waals surface area contributed by atoms with Gasteiger partial charge in [-0.25, -0.2) is 8.42 Å². The minimum absolute atomic E-state index is 0.0191. The van der Waals surface area contributed by atoms with Crippen LogP contribution in [0.4, 0.5) is 11.4 Å². The van der Waals surface area contributed by atoms with E-state index in [1.165, 1.54) is 4.31 Å². The van der Waals surface area contributed by atoms with Gasteiger partial charge >= 0.3 is 0 Å². The monoisotopic (exact) mass is 395 g/mol. The molecule has 3 rings (SSSR count). The van der Waals surface area contributed by atoms with E-state index >= 15 is 0 Å². The first kappa shape index (κ1) is 20.1. The first-order chi connectivity index (χ1) is 12.9. The molecule has 1 N–H and O–H groups in total. The van der Waals surface area contributed by atoms with Crippen LogP contribution in [0, 0.1) is 11.8 Å². The van der Waals surface area contributed by atoms with E-state index in [9.17, 15) is 13.2 Å². The lowest BCUT2D eigenvalue weighted by atomic mass is 10.2. The maximum atomic E-state index is 12.9. The van der Waals surface area contributed by atoms with Crippen molar-refractivity contribution in [2.45, 2.75) is 32.1 Å². The molecule has 1 aliphatic heterocycles. The molecule has 27 heavy (non-hydrogen) atoms. The van der Waals surface area contributed by atoms with Crippen LogP contribution >= 0.6 is 0 Å². The number of hydrogen-bond donors (Lipinski definition) is 1. The van der Waals surface area contributed by atoms with Crippen LogP contribution in [-0.4, -0.2) is 58.0 Å². The summed E-state index contributed by atoms with van der Waals surface area (Å²) in [5.41, 5.74) is 1.41. The first-order valence-electron chi connectivity index (χ1n) is 9.66. The predicted octanol–water partition coefficient (Wildman–Crippen LogP) is 2.15. The smallest absolute Gasteiger partial charge is 0.243 e. The Balaban J connectivity index is 1.95. The molecule has 7 nitrogen and oxygen atoms in total. The van der Waals surface area contributed by atoms with Crippen LogP contribution < -0.4 is 10.2 Å². The van der Waals surface area contributed by atoms with E-state index in [0.29, 0.717) is 51.0 Å². The number of carbonyl (C=O) groups is 1. The normalized spacial score (nSPS) is 22.7. The minimum Gasteiger partial charge on any atom is -0.378 e. The van der Waals surface area contributed by atoms with E-state index in [-0.39, 0.29) is 16.7 Å². The molecule has 1 saturated heterocycles. The summed E-state index contributed by atoms with van der Waals surface area (Å²) < 4.78 is 32.6. The number of anilines is 2. The van der Waals surface area contributed by atoms with Crippen molar-refractivity contribution in [3.05, 3.63) is 18.2 Å². The Kier molecular flexibility index (Phi) is 6.08. The molecule has 0 spiro atoms. The van der Waals surface area contributed by atoms with E-state index in [0.717, 1.165) is 12.1 Å². The molecule has 1 amide bonds. The van der Waals surface area contributed by atoms with Gasteiger partial charge in [-0.1, -0.05) is 20.8 Å². The van der Waals surface area contributed by atoms with Crippen LogP contribution in [0.5, 0.6) is 0 Å². The van der Waals surface area contributed by atoms with E-state index in [2.05, 4.69) is 10.2 Å². The number of ether oxygens (including phenoxy) is 1. The number of nitrogens with one attached hydrogen (secondary N) is 1. The zero-order chi connectivity index (χ0) is 19.6. The molecule has 150 valence electrons. The summed E-state index contributed by atoms with van der Waals surface area (Å²) in [4.78, 5) is 14.9. The van der Waals surface area contributed by atoms with Crippen molar-refractivity contribution in [1.82, 2.24) is 4.31 Å². The maximum Gasteiger partial charge on any atom is 0.243 e. The number of benzene rings is 1. The molecule has 8 heteroatoms. The van der Waals surface area contributed by atoms with Gasteiger partial charge in [0.2, 0.25) is 15.9 Å². The molecule has 1 heterocycles. The summed E-state index contributed by atoms with van der Waals surface area (Å²) in [5, 5.41) is 2.98. The number of carbonyl (C=O) groups excluding carboxylic acids is 1. The van der Waals surface area contributed by atoms with Crippen molar-refractivity contribution in [2.75, 3.05) is 49.6 Å². The third kappa shape index (κ3) is 4.28. The fourth-order valence-corrected chi connectivity index (χ4v) is 4.97. The fourth-order valence-electron chi connectivity index (χ4n) is 3.48. The fraction of sp³-hybridized carbons (Fsp3) is 0.632. The number of nitrogens with zero attached hydrogens (tertiary/aromatic N) is 2. The molecule has 0 radical (unpaired) electrons. The van der Waals surface area contributed by atoms with Crippen LogP contribution in [0.3, 0.4) is 0 Å². The number of morpholine rings is 1. The summed E-state index contributed by atoms with van der Waals surface area (Å²) in [6, 6.07) is 5.03. The largest absolute Gasteiger partial charge is 0.378 e. The Morgan fingerprint density at radius 3 is 2.44 bits per heavy atom. The third-order valence-corrected chi connectivity index (χ3v) is 7.41. The van der Waals surface area contributed by atoms with E-state index in [4.69, 9.17) is 4.74 Å². The lowest BCUT2D eigenvalue weighted by molar-refractivity contribution is -0.117. The van der Waals surface area contributed by atoms with Gasteiger partial charge in [-0.15, -0.1) is 0 Å². The quantitative estimate of drug-likeness (QED) is 0.765. The summed E-state index contributed by atoms with van der Waals surface area (Å²) in [6.07, 6.45) is 0.885. The molecule has 2 fully saturated rings.